The Morgan fingerprint density at radius 1 is 0.600 bits per heavy atom. The maximum atomic E-state index is 13.4. The van der Waals surface area contributed by atoms with Gasteiger partial charge in [-0.15, -0.1) is 0 Å². The molecule has 12 nitrogen and oxygen atoms in total. The van der Waals surface area contributed by atoms with Crippen LogP contribution in [-0.4, -0.2) is 78.6 Å². The highest BCUT2D eigenvalue weighted by molar-refractivity contribution is 6.30. The van der Waals surface area contributed by atoms with Crippen molar-refractivity contribution in [2.75, 3.05) is 14.1 Å². The number of rotatable bonds is 6. The van der Waals surface area contributed by atoms with Crippen LogP contribution in [0.25, 0.3) is 0 Å². The number of alkyl halides is 6. The molecule has 5 N–H and O–H groups in total. The lowest BCUT2D eigenvalue weighted by Crippen LogP contribution is -2.52. The van der Waals surface area contributed by atoms with Crippen LogP contribution < -0.4 is 9.47 Å². The van der Waals surface area contributed by atoms with Crippen molar-refractivity contribution < 1.29 is 70.9 Å². The van der Waals surface area contributed by atoms with Gasteiger partial charge >= 0.3 is 18.3 Å². The van der Waals surface area contributed by atoms with E-state index < -0.39 is 93.6 Å². The van der Waals surface area contributed by atoms with Gasteiger partial charge in [-0.1, -0.05) is 108 Å². The number of aliphatic hydroxyl groups is 4. The quantitative estimate of drug-likeness (QED) is 0.102. The number of hydrogen-bond donors (Lipinski definition) is 5. The maximum Gasteiger partial charge on any atom is 0.416 e. The molecule has 2 aromatic heterocycles. The van der Waals surface area contributed by atoms with Crippen LogP contribution in [0.15, 0.2) is 134 Å². The second-order valence-corrected chi connectivity index (χ2v) is 18.5. The van der Waals surface area contributed by atoms with Gasteiger partial charge in [0.2, 0.25) is 5.91 Å². The monoisotopic (exact) mass is 1010 g/mol. The Balaban J connectivity index is 0.000000174. The molecule has 4 aromatic carbocycles. The molecule has 0 spiro atoms. The summed E-state index contributed by atoms with van der Waals surface area (Å²) in [7, 11) is 3.04. The molecule has 0 bridgehead atoms. The molecular weight excluding hydrogens is 971 g/mol. The van der Waals surface area contributed by atoms with E-state index in [1.165, 1.54) is 55.7 Å². The molecule has 0 radical (unpaired) electrons. The third kappa shape index (κ3) is 7.05. The second kappa shape index (κ2) is 17.0. The zero-order chi connectivity index (χ0) is 50.5. The van der Waals surface area contributed by atoms with Crippen molar-refractivity contribution in [1.29, 1.82) is 0 Å². The number of carbonyl (C=O) groups is 2. The number of aliphatic carboxylic acids is 1. The first-order chi connectivity index (χ1) is 32.9. The molecule has 6 aromatic rings. The van der Waals surface area contributed by atoms with Crippen molar-refractivity contribution in [3.05, 3.63) is 189 Å². The van der Waals surface area contributed by atoms with Crippen molar-refractivity contribution in [3.63, 3.8) is 0 Å². The van der Waals surface area contributed by atoms with Crippen LogP contribution >= 0.6 is 23.2 Å². The minimum absolute atomic E-state index is 0.00119. The summed E-state index contributed by atoms with van der Waals surface area (Å²) in [6.45, 7) is 0. The largest absolute Gasteiger partial charge is 0.481 e. The molecule has 364 valence electrons. The number of hydrogen-bond acceptors (Lipinski definition) is 10. The molecule has 0 unspecified atom stereocenters. The minimum atomic E-state index is -4.61. The van der Waals surface area contributed by atoms with Crippen LogP contribution in [0.4, 0.5) is 26.3 Å². The van der Waals surface area contributed by atoms with Crippen molar-refractivity contribution in [3.8, 4) is 11.5 Å². The smallest absolute Gasteiger partial charge is 0.416 e. The van der Waals surface area contributed by atoms with E-state index in [4.69, 9.17) is 32.7 Å². The highest BCUT2D eigenvalue weighted by Crippen LogP contribution is 2.70. The highest BCUT2D eigenvalue weighted by Gasteiger charge is 2.79. The zero-order valence-electron chi connectivity index (χ0n) is 36.4. The molecule has 2 fully saturated rings. The molecule has 10 atom stereocenters. The first-order valence-corrected chi connectivity index (χ1v) is 22.1. The second-order valence-electron chi connectivity index (χ2n) is 17.6. The summed E-state index contributed by atoms with van der Waals surface area (Å²) in [5.41, 5.74) is -9.47. The summed E-state index contributed by atoms with van der Waals surface area (Å²) >= 11 is 12.2. The molecule has 0 saturated heterocycles. The van der Waals surface area contributed by atoms with Gasteiger partial charge in [0.05, 0.1) is 33.0 Å². The Morgan fingerprint density at radius 3 is 1.30 bits per heavy atom. The number of aliphatic hydroxyl groups excluding tert-OH is 2. The fourth-order valence-electron chi connectivity index (χ4n) is 10.9. The maximum absolute atomic E-state index is 13.4. The van der Waals surface area contributed by atoms with Crippen molar-refractivity contribution in [2.24, 2.45) is 11.8 Å². The summed E-state index contributed by atoms with van der Waals surface area (Å²) < 4.78 is 92.5. The first-order valence-electron chi connectivity index (χ1n) is 21.3. The number of carboxylic acid groups (broad SMARTS) is 1. The van der Waals surface area contributed by atoms with E-state index in [2.05, 4.69) is 9.97 Å². The topological polar surface area (TPSA) is 183 Å². The zero-order valence-corrected chi connectivity index (χ0v) is 37.9. The average Bonchev–Trinajstić information content (AvgIpc) is 3.89. The van der Waals surface area contributed by atoms with Gasteiger partial charge in [-0.25, -0.2) is 0 Å². The lowest BCUT2D eigenvalue weighted by molar-refractivity contribution is -0.160. The number of aromatic nitrogens is 2. The summed E-state index contributed by atoms with van der Waals surface area (Å²) in [5.74, 6) is -6.80. The Bertz CT molecular complexity index is 2990. The van der Waals surface area contributed by atoms with Crippen molar-refractivity contribution in [1.82, 2.24) is 14.9 Å². The van der Waals surface area contributed by atoms with Crippen molar-refractivity contribution >= 4 is 35.1 Å². The van der Waals surface area contributed by atoms with Gasteiger partial charge in [0.15, 0.2) is 22.4 Å². The molecule has 10 rings (SSSR count). The Hall–Kier alpha value is -6.28. The number of ether oxygens (including phenoxy) is 2. The normalized spacial score (nSPS) is 29.3. The molecule has 4 aliphatic rings. The van der Waals surface area contributed by atoms with Crippen LogP contribution in [0.3, 0.4) is 0 Å². The number of benzene rings is 4. The van der Waals surface area contributed by atoms with E-state index in [0.29, 0.717) is 11.1 Å². The van der Waals surface area contributed by atoms with E-state index >= 15 is 0 Å². The Labute approximate surface area is 404 Å². The molecular formula is C50H39Cl2F6N3O9. The third-order valence-corrected chi connectivity index (χ3v) is 14.2. The van der Waals surface area contributed by atoms with Gasteiger partial charge in [0, 0.05) is 50.5 Å². The fourth-order valence-corrected chi connectivity index (χ4v) is 11.2. The number of amides is 1. The lowest BCUT2D eigenvalue weighted by atomic mass is 9.71. The van der Waals surface area contributed by atoms with Gasteiger partial charge in [0.1, 0.15) is 35.1 Å². The SMILES string of the molecule is CN(C)C(=O)[C@H]1[C@@H](O)[C@@]2(O)c3ncc(Cl)cc3O[C@@]2(c2ccc(C(F)(F)F)cc2)[C@@H]1c1ccccc1.O=C(O)[C@H]1[C@@H](O)[C@@]2(O)c3ncc(Cl)cc3O[C@@]2(c2ccc(C(F)(F)F)cc2)[C@@H]1c1ccccc1. The first kappa shape index (κ1) is 48.7. The lowest BCUT2D eigenvalue weighted by Gasteiger charge is -2.40. The predicted octanol–water partition coefficient (Wildman–Crippen LogP) is 8.18. The molecule has 20 heteroatoms. The van der Waals surface area contributed by atoms with E-state index in [9.17, 15) is 61.5 Å². The molecule has 2 aliphatic heterocycles. The number of carboxylic acids is 1. The average molecular weight is 1010 g/mol. The number of carbonyl (C=O) groups excluding carboxylic acids is 1. The molecule has 70 heavy (non-hydrogen) atoms. The summed E-state index contributed by atoms with van der Waals surface area (Å²) in [4.78, 5) is 35.5. The summed E-state index contributed by atoms with van der Waals surface area (Å²) in [6, 6.07) is 27.7. The standard InChI is InChI=1S/C26H22ClF3N2O4.C24H17ClF3NO5/c1-32(2)23(34)19-20(14-6-4-3-5-7-14)25(15-8-10-16(11-9-15)26(28,29)30)24(35,22(19)33)21-18(36-25)12-17(27)13-31-21;25-15-10-16-19(29-11-15)22(33)20(30)17(21(31)32)18(12-4-2-1-3-5-12)23(22,34-16)13-6-8-14(9-7-13)24(26,27)28/h3-13,19-20,22,33,35H,1-2H3;1-11,17-18,20,30,33H,(H,31,32)/t19-,20-,22-,24+,25+;17-,18-,20-,22+,23+/m11/s1. The summed E-state index contributed by atoms with van der Waals surface area (Å²) in [5, 5.41) is 57.8. The van der Waals surface area contributed by atoms with Crippen LogP contribution in [0.5, 0.6) is 11.5 Å². The van der Waals surface area contributed by atoms with E-state index in [0.717, 1.165) is 36.4 Å². The molecule has 1 amide bonds. The number of nitrogens with zero attached hydrogens (tertiary/aromatic N) is 3. The Morgan fingerprint density at radius 2 is 0.957 bits per heavy atom. The van der Waals surface area contributed by atoms with Crippen LogP contribution in [0, 0.1) is 11.8 Å². The molecule has 2 saturated carbocycles. The predicted molar refractivity (Wildman–Crippen MR) is 237 cm³/mol. The highest BCUT2D eigenvalue weighted by atomic mass is 35.5. The van der Waals surface area contributed by atoms with E-state index in [-0.39, 0.29) is 44.1 Å². The van der Waals surface area contributed by atoms with Gasteiger partial charge in [-0.3, -0.25) is 19.6 Å². The van der Waals surface area contributed by atoms with Gasteiger partial charge < -0.3 is 39.9 Å². The fraction of sp³-hybridized carbons (Fsp3) is 0.280. The molecule has 4 heterocycles. The number of halogens is 8. The number of fused-ring (bicyclic) bond motifs is 6. The van der Waals surface area contributed by atoms with Crippen LogP contribution in [0.2, 0.25) is 10.0 Å². The molecule has 2 aliphatic carbocycles. The van der Waals surface area contributed by atoms with Gasteiger partial charge in [0.25, 0.3) is 0 Å². The Kier molecular flexibility index (Phi) is 11.8. The number of pyridine rings is 2. The summed E-state index contributed by atoms with van der Waals surface area (Å²) in [6.07, 6.45) is -10.3. The third-order valence-electron chi connectivity index (χ3n) is 13.8. The van der Waals surface area contributed by atoms with Crippen molar-refractivity contribution in [2.45, 2.75) is 58.8 Å². The van der Waals surface area contributed by atoms with E-state index in [1.54, 1.807) is 60.7 Å². The van der Waals surface area contributed by atoms with E-state index in [1.807, 2.05) is 0 Å². The van der Waals surface area contributed by atoms with Crippen LogP contribution in [0.1, 0.15) is 56.6 Å². The van der Waals surface area contributed by atoms with Crippen LogP contribution in [-0.2, 0) is 44.3 Å². The van der Waals surface area contributed by atoms with Gasteiger partial charge in [-0.05, 0) is 46.5 Å². The minimum Gasteiger partial charge on any atom is -0.481 e. The van der Waals surface area contributed by atoms with Gasteiger partial charge in [-0.2, -0.15) is 26.3 Å².